The summed E-state index contributed by atoms with van der Waals surface area (Å²) in [6, 6.07) is 26.0. The first-order valence-electron chi connectivity index (χ1n) is 12.9. The number of nitrogens with zero attached hydrogens (tertiary/aromatic N) is 2. The van der Waals surface area contributed by atoms with E-state index in [2.05, 4.69) is 39.8 Å². The van der Waals surface area contributed by atoms with Crippen LogP contribution in [0.2, 0.25) is 0 Å². The Balaban J connectivity index is 1.57. The molecule has 36 heavy (non-hydrogen) atoms. The van der Waals surface area contributed by atoms with E-state index >= 15 is 0 Å². The number of piperazine rings is 1. The van der Waals surface area contributed by atoms with Crippen molar-refractivity contribution in [2.45, 2.75) is 26.3 Å². The summed E-state index contributed by atoms with van der Waals surface area (Å²) in [4.78, 5) is 29.8. The van der Waals surface area contributed by atoms with E-state index in [0.717, 1.165) is 48.6 Å². The minimum atomic E-state index is -0.0312. The number of carbonyl (C=O) groups is 2. The lowest BCUT2D eigenvalue weighted by Gasteiger charge is -2.36. The van der Waals surface area contributed by atoms with Gasteiger partial charge in [-0.25, -0.2) is 0 Å². The molecular formula is C30H36N4O2. The van der Waals surface area contributed by atoms with Gasteiger partial charge in [0.2, 0.25) is 5.91 Å². The topological polar surface area (TPSA) is 64.7 Å². The molecule has 1 unspecified atom stereocenters. The third-order valence-electron chi connectivity index (χ3n) is 6.73. The van der Waals surface area contributed by atoms with Gasteiger partial charge in [-0.15, -0.1) is 0 Å². The van der Waals surface area contributed by atoms with Crippen LogP contribution in [0.4, 0.5) is 5.69 Å². The fraction of sp³-hybridized carbons (Fsp3) is 0.333. The number of amides is 2. The number of hydrogen-bond acceptors (Lipinski definition) is 4. The van der Waals surface area contributed by atoms with Crippen molar-refractivity contribution in [1.82, 2.24) is 15.1 Å². The first-order valence-corrected chi connectivity index (χ1v) is 12.9. The van der Waals surface area contributed by atoms with Crippen LogP contribution >= 0.6 is 0 Å². The number of carbonyl (C=O) groups excluding carboxylic acids is 2. The average molecular weight is 485 g/mol. The Kier molecular flexibility index (Phi) is 8.87. The van der Waals surface area contributed by atoms with Crippen molar-refractivity contribution >= 4 is 17.5 Å². The molecule has 3 aromatic carbocycles. The molecule has 0 bridgehead atoms. The molecule has 1 saturated heterocycles. The fourth-order valence-electron chi connectivity index (χ4n) is 4.83. The van der Waals surface area contributed by atoms with E-state index in [1.807, 2.05) is 73.3 Å². The van der Waals surface area contributed by atoms with E-state index in [1.54, 1.807) is 0 Å². The van der Waals surface area contributed by atoms with Gasteiger partial charge in [-0.1, -0.05) is 54.6 Å². The minimum absolute atomic E-state index is 0.0312. The molecular weight excluding hydrogens is 448 g/mol. The summed E-state index contributed by atoms with van der Waals surface area (Å²) in [5, 5.41) is 6.50. The van der Waals surface area contributed by atoms with Crippen molar-refractivity contribution < 1.29 is 9.59 Å². The molecule has 1 aliphatic heterocycles. The van der Waals surface area contributed by atoms with Crippen molar-refractivity contribution in [3.63, 3.8) is 0 Å². The molecule has 0 aliphatic carbocycles. The predicted octanol–water partition coefficient (Wildman–Crippen LogP) is 4.34. The number of hydrogen-bond donors (Lipinski definition) is 2. The highest BCUT2D eigenvalue weighted by Crippen LogP contribution is 2.31. The molecule has 1 heterocycles. The number of anilines is 1. The Labute approximate surface area is 214 Å². The van der Waals surface area contributed by atoms with Crippen LogP contribution in [0, 0.1) is 0 Å². The second-order valence-electron chi connectivity index (χ2n) is 9.12. The monoisotopic (exact) mass is 484 g/mol. The van der Waals surface area contributed by atoms with Crippen molar-refractivity contribution in [1.29, 1.82) is 0 Å². The lowest BCUT2D eigenvalue weighted by Crippen LogP contribution is -2.45. The van der Waals surface area contributed by atoms with E-state index in [9.17, 15) is 9.59 Å². The quantitative estimate of drug-likeness (QED) is 0.474. The molecule has 0 aromatic heterocycles. The van der Waals surface area contributed by atoms with Gasteiger partial charge < -0.3 is 15.5 Å². The highest BCUT2D eigenvalue weighted by molar-refractivity contribution is 5.94. The highest BCUT2D eigenvalue weighted by Gasteiger charge is 2.25. The average Bonchev–Trinajstić information content (AvgIpc) is 2.91. The van der Waals surface area contributed by atoms with E-state index in [1.165, 1.54) is 0 Å². The van der Waals surface area contributed by atoms with Crippen molar-refractivity contribution in [2.24, 2.45) is 0 Å². The lowest BCUT2D eigenvalue weighted by molar-refractivity contribution is -0.115. The molecule has 6 heteroatoms. The Morgan fingerprint density at radius 3 is 2.25 bits per heavy atom. The molecule has 188 valence electrons. The van der Waals surface area contributed by atoms with E-state index in [4.69, 9.17) is 0 Å². The molecule has 6 nitrogen and oxygen atoms in total. The molecule has 2 amide bonds. The third kappa shape index (κ3) is 6.39. The standard InChI is InChI=1S/C30H36N4O2/c1-3-33(4-2)30(36)25-15-13-24(14-16-25)29(34-19-17-31-18-20-34)26-11-8-12-27(22-26)32-28(35)21-23-9-6-5-7-10-23/h5-16,22,29,31H,3-4,17-21H2,1-2H3,(H,32,35). The highest BCUT2D eigenvalue weighted by atomic mass is 16.2. The first-order chi connectivity index (χ1) is 17.6. The number of benzene rings is 3. The zero-order valence-electron chi connectivity index (χ0n) is 21.2. The molecule has 0 saturated carbocycles. The van der Waals surface area contributed by atoms with Gasteiger partial charge in [0.15, 0.2) is 0 Å². The van der Waals surface area contributed by atoms with Gasteiger partial charge >= 0.3 is 0 Å². The third-order valence-corrected chi connectivity index (χ3v) is 6.73. The number of nitrogens with one attached hydrogen (secondary N) is 2. The molecule has 2 N–H and O–H groups in total. The molecule has 1 aliphatic rings. The fourth-order valence-corrected chi connectivity index (χ4v) is 4.83. The zero-order valence-corrected chi connectivity index (χ0v) is 21.2. The van der Waals surface area contributed by atoms with Gasteiger partial charge in [-0.3, -0.25) is 14.5 Å². The summed E-state index contributed by atoms with van der Waals surface area (Å²) in [7, 11) is 0. The molecule has 0 radical (unpaired) electrons. The van der Waals surface area contributed by atoms with Crippen molar-refractivity contribution in [3.05, 3.63) is 101 Å². The van der Waals surface area contributed by atoms with Gasteiger partial charge in [0, 0.05) is 50.5 Å². The van der Waals surface area contributed by atoms with Crippen LogP contribution in [-0.2, 0) is 11.2 Å². The van der Waals surface area contributed by atoms with Crippen molar-refractivity contribution in [3.8, 4) is 0 Å². The first kappa shape index (κ1) is 25.6. The summed E-state index contributed by atoms with van der Waals surface area (Å²) in [6.45, 7) is 9.12. The van der Waals surface area contributed by atoms with Crippen molar-refractivity contribution in [2.75, 3.05) is 44.6 Å². The van der Waals surface area contributed by atoms with E-state index in [-0.39, 0.29) is 17.9 Å². The summed E-state index contributed by atoms with van der Waals surface area (Å²) in [6.07, 6.45) is 0.342. The molecule has 1 atom stereocenters. The second kappa shape index (κ2) is 12.5. The van der Waals surface area contributed by atoms with Crippen LogP contribution in [0.25, 0.3) is 0 Å². The summed E-state index contributed by atoms with van der Waals surface area (Å²) >= 11 is 0. The van der Waals surface area contributed by atoms with Gasteiger partial charge in [0.05, 0.1) is 12.5 Å². The minimum Gasteiger partial charge on any atom is -0.339 e. The molecule has 1 fully saturated rings. The second-order valence-corrected chi connectivity index (χ2v) is 9.12. The van der Waals surface area contributed by atoms with Crippen LogP contribution in [0.3, 0.4) is 0 Å². The number of rotatable bonds is 9. The predicted molar refractivity (Wildman–Crippen MR) is 145 cm³/mol. The maximum absolute atomic E-state index is 12.8. The van der Waals surface area contributed by atoms with Gasteiger partial charge in [0.25, 0.3) is 5.91 Å². The zero-order chi connectivity index (χ0) is 25.3. The summed E-state index contributed by atoms with van der Waals surface area (Å²) < 4.78 is 0. The lowest BCUT2D eigenvalue weighted by atomic mass is 9.95. The Bertz CT molecular complexity index is 1140. The van der Waals surface area contributed by atoms with E-state index in [0.29, 0.717) is 25.1 Å². The largest absolute Gasteiger partial charge is 0.339 e. The van der Waals surface area contributed by atoms with Crippen LogP contribution in [0.1, 0.15) is 46.9 Å². The van der Waals surface area contributed by atoms with Crippen LogP contribution < -0.4 is 10.6 Å². The Morgan fingerprint density at radius 1 is 0.889 bits per heavy atom. The maximum atomic E-state index is 12.8. The van der Waals surface area contributed by atoms with Gasteiger partial charge in [0.1, 0.15) is 0 Å². The smallest absolute Gasteiger partial charge is 0.253 e. The molecule has 0 spiro atoms. The molecule has 4 rings (SSSR count). The van der Waals surface area contributed by atoms with Crippen LogP contribution in [0.15, 0.2) is 78.9 Å². The Morgan fingerprint density at radius 2 is 1.58 bits per heavy atom. The Hall–Kier alpha value is -3.48. The van der Waals surface area contributed by atoms with Crippen LogP contribution in [0.5, 0.6) is 0 Å². The van der Waals surface area contributed by atoms with Crippen LogP contribution in [-0.4, -0.2) is 60.9 Å². The normalized spacial score (nSPS) is 14.7. The van der Waals surface area contributed by atoms with Gasteiger partial charge in [-0.05, 0) is 54.8 Å². The summed E-state index contributed by atoms with van der Waals surface area (Å²) in [5.74, 6) is 0.0322. The van der Waals surface area contributed by atoms with E-state index < -0.39 is 0 Å². The SMILES string of the molecule is CCN(CC)C(=O)c1ccc(C(c2cccc(NC(=O)Cc3ccccc3)c2)N2CCNCC2)cc1. The molecule has 3 aromatic rings. The summed E-state index contributed by atoms with van der Waals surface area (Å²) in [5.41, 5.74) is 4.76. The van der Waals surface area contributed by atoms with Gasteiger partial charge in [-0.2, -0.15) is 0 Å². The maximum Gasteiger partial charge on any atom is 0.253 e.